The molecule has 5 nitrogen and oxygen atoms in total. The first kappa shape index (κ1) is 19.3. The molecule has 1 N–H and O–H groups in total. The van der Waals surface area contributed by atoms with Crippen LogP contribution in [0.2, 0.25) is 0 Å². The van der Waals surface area contributed by atoms with Crippen LogP contribution < -0.4 is 4.90 Å². The maximum atomic E-state index is 13.3. The Bertz CT molecular complexity index is 896. The molecule has 6 heteroatoms. The van der Waals surface area contributed by atoms with Gasteiger partial charge in [0.1, 0.15) is 0 Å². The highest BCUT2D eigenvalue weighted by atomic mass is 79.9. The molecule has 28 heavy (non-hydrogen) atoms. The van der Waals surface area contributed by atoms with Crippen LogP contribution in [0.4, 0.5) is 5.69 Å². The van der Waals surface area contributed by atoms with Crippen molar-refractivity contribution in [1.29, 1.82) is 0 Å². The Balaban J connectivity index is 1.66. The predicted octanol–water partition coefficient (Wildman–Crippen LogP) is 3.70. The number of piperidine rings is 1. The first-order valence-electron chi connectivity index (χ1n) is 9.64. The summed E-state index contributed by atoms with van der Waals surface area (Å²) in [5, 5.41) is 11.4. The van der Waals surface area contributed by atoms with Crippen molar-refractivity contribution in [3.05, 3.63) is 64.1 Å². The van der Waals surface area contributed by atoms with Gasteiger partial charge >= 0.3 is 0 Å². The van der Waals surface area contributed by atoms with Gasteiger partial charge in [0.15, 0.2) is 11.4 Å². The van der Waals surface area contributed by atoms with Crippen LogP contribution in [0, 0.1) is 0 Å². The number of Topliss-reactive ketones (excluding diaryl/α,β-unsaturated/α-hetero) is 1. The quantitative estimate of drug-likeness (QED) is 0.717. The minimum Gasteiger partial charge on any atom is -0.375 e. The first-order chi connectivity index (χ1) is 13.5. The van der Waals surface area contributed by atoms with Crippen LogP contribution in [0.25, 0.3) is 0 Å². The summed E-state index contributed by atoms with van der Waals surface area (Å²) < 4.78 is 0.768. The standard InChI is InChI=1S/C22H23BrN2O3/c23-17-9-10-19-18(13-17)22(28,14-20(26)16-7-3-1-4-8-16)21(27)25(19)15-24-11-5-2-6-12-24/h1,3-4,7-10,13,28H,2,5-6,11-12,14-15H2. The SMILES string of the molecule is O=C(CC1(O)C(=O)N(CN2CCCCC2)c2ccc(Br)cc21)c1ccccc1. The highest BCUT2D eigenvalue weighted by Crippen LogP contribution is 2.44. The van der Waals surface area contributed by atoms with Crippen LogP contribution in [0.15, 0.2) is 53.0 Å². The van der Waals surface area contributed by atoms with Crippen LogP contribution in [0.3, 0.4) is 0 Å². The molecule has 0 aliphatic carbocycles. The molecule has 2 aromatic carbocycles. The van der Waals surface area contributed by atoms with E-state index in [1.165, 1.54) is 6.42 Å². The lowest BCUT2D eigenvalue weighted by Crippen LogP contribution is -2.47. The monoisotopic (exact) mass is 442 g/mol. The second kappa shape index (κ2) is 7.78. The number of aliphatic hydroxyl groups is 1. The van der Waals surface area contributed by atoms with Crippen molar-refractivity contribution in [2.45, 2.75) is 31.3 Å². The smallest absolute Gasteiger partial charge is 0.265 e. The van der Waals surface area contributed by atoms with Gasteiger partial charge in [-0.05, 0) is 44.1 Å². The Morgan fingerprint density at radius 2 is 1.79 bits per heavy atom. The van der Waals surface area contributed by atoms with Crippen molar-refractivity contribution < 1.29 is 14.7 Å². The van der Waals surface area contributed by atoms with Gasteiger partial charge in [-0.3, -0.25) is 19.4 Å². The molecule has 0 bridgehead atoms. The molecular weight excluding hydrogens is 420 g/mol. The van der Waals surface area contributed by atoms with E-state index in [1.807, 2.05) is 18.2 Å². The van der Waals surface area contributed by atoms with Crippen LogP contribution in [-0.2, 0) is 10.4 Å². The molecule has 0 radical (unpaired) electrons. The summed E-state index contributed by atoms with van der Waals surface area (Å²) in [7, 11) is 0. The van der Waals surface area contributed by atoms with Gasteiger partial charge in [0.2, 0.25) is 0 Å². The molecule has 1 saturated heterocycles. The molecule has 146 valence electrons. The second-order valence-electron chi connectivity index (χ2n) is 7.54. The van der Waals surface area contributed by atoms with Gasteiger partial charge in [0.25, 0.3) is 5.91 Å². The summed E-state index contributed by atoms with van der Waals surface area (Å²) in [6, 6.07) is 14.3. The zero-order valence-electron chi connectivity index (χ0n) is 15.6. The molecule has 1 unspecified atom stereocenters. The van der Waals surface area contributed by atoms with E-state index >= 15 is 0 Å². The molecule has 0 aromatic heterocycles. The lowest BCUT2D eigenvalue weighted by Gasteiger charge is -2.31. The van der Waals surface area contributed by atoms with Gasteiger partial charge < -0.3 is 5.11 Å². The molecule has 2 aromatic rings. The number of carbonyl (C=O) groups is 2. The molecule has 2 aliphatic rings. The number of rotatable bonds is 5. The molecule has 2 aliphatic heterocycles. The van der Waals surface area contributed by atoms with Crippen LogP contribution in [0.1, 0.15) is 41.6 Å². The fraction of sp³-hybridized carbons (Fsp3) is 0.364. The maximum Gasteiger partial charge on any atom is 0.265 e. The summed E-state index contributed by atoms with van der Waals surface area (Å²) in [6.45, 7) is 2.32. The van der Waals surface area contributed by atoms with E-state index in [0.717, 1.165) is 30.4 Å². The molecule has 1 fully saturated rings. The van der Waals surface area contributed by atoms with E-state index in [1.54, 1.807) is 35.2 Å². The van der Waals surface area contributed by atoms with E-state index in [4.69, 9.17) is 0 Å². The minimum absolute atomic E-state index is 0.248. The normalized spacial score (nSPS) is 22.4. The highest BCUT2D eigenvalue weighted by molar-refractivity contribution is 9.10. The summed E-state index contributed by atoms with van der Waals surface area (Å²) in [5.74, 6) is -0.669. The lowest BCUT2D eigenvalue weighted by atomic mass is 9.88. The van der Waals surface area contributed by atoms with Gasteiger partial charge in [0.05, 0.1) is 18.8 Å². The van der Waals surface area contributed by atoms with Crippen molar-refractivity contribution in [3.63, 3.8) is 0 Å². The number of halogens is 1. The Hall–Kier alpha value is -2.02. The molecular formula is C22H23BrN2O3. The summed E-state index contributed by atoms with van der Waals surface area (Å²) in [5.41, 5.74) is -0.174. The van der Waals surface area contributed by atoms with Crippen molar-refractivity contribution >= 4 is 33.3 Å². The van der Waals surface area contributed by atoms with E-state index in [0.29, 0.717) is 23.5 Å². The minimum atomic E-state index is -1.85. The molecule has 4 rings (SSSR count). The Morgan fingerprint density at radius 1 is 1.07 bits per heavy atom. The van der Waals surface area contributed by atoms with Crippen LogP contribution in [-0.4, -0.2) is 41.5 Å². The Kier molecular flexibility index (Phi) is 5.36. The summed E-state index contributed by atoms with van der Waals surface area (Å²) in [4.78, 5) is 30.0. The number of benzene rings is 2. The number of hydrogen-bond acceptors (Lipinski definition) is 4. The molecule has 2 heterocycles. The number of likely N-dealkylation sites (tertiary alicyclic amines) is 1. The molecule has 0 spiro atoms. The summed E-state index contributed by atoms with van der Waals surface area (Å²) >= 11 is 3.43. The number of hydrogen-bond donors (Lipinski definition) is 1. The van der Waals surface area contributed by atoms with Gasteiger partial charge in [-0.2, -0.15) is 0 Å². The average Bonchev–Trinajstić information content (AvgIpc) is 2.91. The third-order valence-electron chi connectivity index (χ3n) is 5.60. The van der Waals surface area contributed by atoms with Crippen molar-refractivity contribution in [1.82, 2.24) is 4.90 Å². The number of nitrogens with zero attached hydrogens (tertiary/aromatic N) is 2. The fourth-order valence-corrected chi connectivity index (χ4v) is 4.45. The van der Waals surface area contributed by atoms with Gasteiger partial charge in [-0.25, -0.2) is 0 Å². The van der Waals surface area contributed by atoms with Crippen molar-refractivity contribution in [3.8, 4) is 0 Å². The van der Waals surface area contributed by atoms with E-state index in [9.17, 15) is 14.7 Å². The first-order valence-corrected chi connectivity index (χ1v) is 10.4. The number of amides is 1. The fourth-order valence-electron chi connectivity index (χ4n) is 4.09. The Morgan fingerprint density at radius 3 is 2.50 bits per heavy atom. The number of carbonyl (C=O) groups excluding carboxylic acids is 2. The third-order valence-corrected chi connectivity index (χ3v) is 6.09. The van der Waals surface area contributed by atoms with Crippen LogP contribution >= 0.6 is 15.9 Å². The van der Waals surface area contributed by atoms with Crippen LogP contribution in [0.5, 0.6) is 0 Å². The maximum absolute atomic E-state index is 13.3. The van der Waals surface area contributed by atoms with Gasteiger partial charge in [0, 0.05) is 15.6 Å². The third kappa shape index (κ3) is 3.52. The van der Waals surface area contributed by atoms with Gasteiger partial charge in [-0.15, -0.1) is 0 Å². The van der Waals surface area contributed by atoms with Crippen molar-refractivity contribution in [2.75, 3.05) is 24.7 Å². The second-order valence-corrected chi connectivity index (χ2v) is 8.46. The molecule has 1 atom stereocenters. The average molecular weight is 443 g/mol. The topological polar surface area (TPSA) is 60.9 Å². The zero-order valence-corrected chi connectivity index (χ0v) is 17.2. The highest BCUT2D eigenvalue weighted by Gasteiger charge is 2.51. The summed E-state index contributed by atoms with van der Waals surface area (Å²) in [6.07, 6.45) is 3.18. The number of fused-ring (bicyclic) bond motifs is 1. The molecule has 1 amide bonds. The molecule has 0 saturated carbocycles. The Labute approximate surface area is 173 Å². The van der Waals surface area contributed by atoms with E-state index < -0.39 is 11.5 Å². The lowest BCUT2D eigenvalue weighted by molar-refractivity contribution is -0.136. The van der Waals surface area contributed by atoms with Crippen molar-refractivity contribution in [2.24, 2.45) is 0 Å². The largest absolute Gasteiger partial charge is 0.375 e. The van der Waals surface area contributed by atoms with E-state index in [2.05, 4.69) is 20.8 Å². The number of ketones is 1. The van der Waals surface area contributed by atoms with Gasteiger partial charge in [-0.1, -0.05) is 52.7 Å². The van der Waals surface area contributed by atoms with E-state index in [-0.39, 0.29) is 12.2 Å². The zero-order chi connectivity index (χ0) is 19.7. The number of anilines is 1. The predicted molar refractivity (Wildman–Crippen MR) is 111 cm³/mol.